The van der Waals surface area contributed by atoms with Crippen LogP contribution in [-0.2, 0) is 14.8 Å². The quantitative estimate of drug-likeness (QED) is 0.839. The molecule has 0 unspecified atom stereocenters. The van der Waals surface area contributed by atoms with Crippen molar-refractivity contribution in [3.63, 3.8) is 0 Å². The first kappa shape index (κ1) is 16.0. The third-order valence-electron chi connectivity index (χ3n) is 5.20. The van der Waals surface area contributed by atoms with Gasteiger partial charge >= 0.3 is 0 Å². The number of aromatic nitrogens is 1. The molecule has 128 valence electrons. The predicted octanol–water partition coefficient (Wildman–Crippen LogP) is 2.88. The summed E-state index contributed by atoms with van der Waals surface area (Å²) in [5.74, 6) is 0. The maximum atomic E-state index is 13.4. The normalized spacial score (nSPS) is 25.5. The summed E-state index contributed by atoms with van der Waals surface area (Å²) in [6.45, 7) is 2.86. The second-order valence-electron chi connectivity index (χ2n) is 6.66. The van der Waals surface area contributed by atoms with Crippen LogP contribution in [0.5, 0.6) is 0 Å². The van der Waals surface area contributed by atoms with Crippen LogP contribution in [0.15, 0.2) is 35.4 Å². The van der Waals surface area contributed by atoms with E-state index >= 15 is 0 Å². The van der Waals surface area contributed by atoms with Gasteiger partial charge in [-0.05, 0) is 43.5 Å². The molecular weight excluding hydrogens is 324 g/mol. The highest BCUT2D eigenvalue weighted by molar-refractivity contribution is 7.89. The van der Waals surface area contributed by atoms with Gasteiger partial charge in [0.05, 0.1) is 29.2 Å². The first-order valence-electron chi connectivity index (χ1n) is 8.57. The fraction of sp³-hybridized carbons (Fsp3) is 0.500. The highest BCUT2D eigenvalue weighted by atomic mass is 32.2. The predicted molar refractivity (Wildman–Crippen MR) is 92.4 cm³/mol. The van der Waals surface area contributed by atoms with Gasteiger partial charge in [0.2, 0.25) is 10.0 Å². The van der Waals surface area contributed by atoms with Crippen molar-refractivity contribution in [2.45, 2.75) is 49.6 Å². The van der Waals surface area contributed by atoms with E-state index in [4.69, 9.17) is 4.74 Å². The molecule has 1 saturated carbocycles. The molecule has 1 aliphatic heterocycles. The minimum absolute atomic E-state index is 0.0366. The third kappa shape index (κ3) is 2.53. The Bertz CT molecular complexity index is 864. The van der Waals surface area contributed by atoms with Crippen molar-refractivity contribution < 1.29 is 13.2 Å². The van der Waals surface area contributed by atoms with Crippen molar-refractivity contribution in [2.24, 2.45) is 0 Å². The lowest BCUT2D eigenvalue weighted by molar-refractivity contribution is -0.0585. The molecule has 2 atom stereocenters. The summed E-state index contributed by atoms with van der Waals surface area (Å²) in [5.41, 5.74) is 1.74. The standard InChI is InChI=1S/C18H22N2O3S/c1-13-8-9-17(14-5-4-10-19-18(13)14)24(21,22)20-11-12-23-16-7-3-2-6-15(16)20/h4-5,8-10,15-16H,2-3,6-7,11-12H2,1H3/t15-,16-/m1/s1. The highest BCUT2D eigenvalue weighted by Crippen LogP contribution is 2.34. The molecule has 4 rings (SSSR count). The number of benzene rings is 1. The van der Waals surface area contributed by atoms with Gasteiger partial charge in [-0.2, -0.15) is 4.31 Å². The lowest BCUT2D eigenvalue weighted by Crippen LogP contribution is -2.54. The number of pyridine rings is 1. The monoisotopic (exact) mass is 346 g/mol. The number of ether oxygens (including phenoxy) is 1. The van der Waals surface area contributed by atoms with Crippen molar-refractivity contribution in [1.29, 1.82) is 0 Å². The minimum Gasteiger partial charge on any atom is -0.375 e. The number of nitrogens with zero attached hydrogens (tertiary/aromatic N) is 2. The SMILES string of the molecule is Cc1ccc(S(=O)(=O)N2CCO[C@@H]3CCCC[C@H]32)c2cccnc12. The zero-order valence-electron chi connectivity index (χ0n) is 13.8. The molecule has 2 heterocycles. The van der Waals surface area contributed by atoms with E-state index in [1.54, 1.807) is 22.6 Å². The highest BCUT2D eigenvalue weighted by Gasteiger charge is 2.41. The molecule has 0 N–H and O–H groups in total. The summed E-state index contributed by atoms with van der Waals surface area (Å²) in [4.78, 5) is 4.74. The zero-order chi connectivity index (χ0) is 16.7. The summed E-state index contributed by atoms with van der Waals surface area (Å²) in [5, 5.41) is 0.705. The van der Waals surface area contributed by atoms with Gasteiger partial charge in [-0.3, -0.25) is 4.98 Å². The van der Waals surface area contributed by atoms with Gasteiger partial charge in [-0.1, -0.05) is 18.9 Å². The van der Waals surface area contributed by atoms with E-state index in [1.807, 2.05) is 19.1 Å². The lowest BCUT2D eigenvalue weighted by atomic mass is 9.91. The van der Waals surface area contributed by atoms with Crippen LogP contribution in [0.2, 0.25) is 0 Å². The Morgan fingerprint density at radius 1 is 1.21 bits per heavy atom. The maximum absolute atomic E-state index is 13.4. The van der Waals surface area contributed by atoms with Gasteiger partial charge in [0.1, 0.15) is 0 Å². The fourth-order valence-corrected chi connectivity index (χ4v) is 5.85. The number of hydrogen-bond donors (Lipinski definition) is 0. The number of morpholine rings is 1. The van der Waals surface area contributed by atoms with Gasteiger partial charge in [0, 0.05) is 18.1 Å². The molecule has 6 heteroatoms. The molecule has 0 spiro atoms. The molecule has 2 fully saturated rings. The number of hydrogen-bond acceptors (Lipinski definition) is 4. The van der Waals surface area contributed by atoms with E-state index in [0.717, 1.165) is 36.8 Å². The Labute approximate surface area is 142 Å². The first-order valence-corrected chi connectivity index (χ1v) is 10.0. The Hall–Kier alpha value is -1.50. The number of aryl methyl sites for hydroxylation is 1. The van der Waals surface area contributed by atoms with Crippen LogP contribution in [0.4, 0.5) is 0 Å². The Morgan fingerprint density at radius 2 is 2.04 bits per heavy atom. The average molecular weight is 346 g/mol. The molecule has 1 aromatic carbocycles. The van der Waals surface area contributed by atoms with Crippen LogP contribution in [0.3, 0.4) is 0 Å². The maximum Gasteiger partial charge on any atom is 0.244 e. The molecule has 1 saturated heterocycles. The summed E-state index contributed by atoms with van der Waals surface area (Å²) in [7, 11) is -3.56. The minimum atomic E-state index is -3.56. The van der Waals surface area contributed by atoms with Crippen LogP contribution >= 0.6 is 0 Å². The molecule has 1 aliphatic carbocycles. The van der Waals surface area contributed by atoms with Gasteiger partial charge < -0.3 is 4.74 Å². The van der Waals surface area contributed by atoms with E-state index in [0.29, 0.717) is 23.4 Å². The van der Waals surface area contributed by atoms with E-state index in [1.165, 1.54) is 0 Å². The second kappa shape index (κ2) is 6.10. The smallest absolute Gasteiger partial charge is 0.244 e. The largest absolute Gasteiger partial charge is 0.375 e. The third-order valence-corrected chi connectivity index (χ3v) is 7.18. The van der Waals surface area contributed by atoms with Gasteiger partial charge in [-0.15, -0.1) is 0 Å². The van der Waals surface area contributed by atoms with Crippen molar-refractivity contribution in [3.05, 3.63) is 36.0 Å². The van der Waals surface area contributed by atoms with Crippen LogP contribution < -0.4 is 0 Å². The van der Waals surface area contributed by atoms with Gasteiger partial charge in [-0.25, -0.2) is 8.42 Å². The van der Waals surface area contributed by atoms with Crippen LogP contribution in [0, 0.1) is 6.92 Å². The summed E-state index contributed by atoms with van der Waals surface area (Å²) in [6.07, 6.45) is 5.76. The number of rotatable bonds is 2. The number of fused-ring (bicyclic) bond motifs is 2. The van der Waals surface area contributed by atoms with E-state index in [-0.39, 0.29) is 12.1 Å². The molecule has 1 aromatic heterocycles. The second-order valence-corrected chi connectivity index (χ2v) is 8.52. The Balaban J connectivity index is 1.82. The van der Waals surface area contributed by atoms with Crippen molar-refractivity contribution >= 4 is 20.9 Å². The fourth-order valence-electron chi connectivity index (χ4n) is 4.00. The summed E-state index contributed by atoms with van der Waals surface area (Å²) < 4.78 is 34.3. The van der Waals surface area contributed by atoms with E-state index in [9.17, 15) is 8.42 Å². The Morgan fingerprint density at radius 3 is 2.92 bits per heavy atom. The molecule has 2 aliphatic rings. The molecule has 0 amide bonds. The van der Waals surface area contributed by atoms with Crippen molar-refractivity contribution in [3.8, 4) is 0 Å². The average Bonchev–Trinajstić information content (AvgIpc) is 2.61. The van der Waals surface area contributed by atoms with Crippen molar-refractivity contribution in [2.75, 3.05) is 13.2 Å². The lowest BCUT2D eigenvalue weighted by Gasteiger charge is -2.42. The zero-order valence-corrected chi connectivity index (χ0v) is 14.6. The topological polar surface area (TPSA) is 59.5 Å². The Kier molecular flexibility index (Phi) is 4.06. The molecule has 5 nitrogen and oxygen atoms in total. The summed E-state index contributed by atoms with van der Waals surface area (Å²) >= 11 is 0. The van der Waals surface area contributed by atoms with Crippen LogP contribution in [0.1, 0.15) is 31.2 Å². The molecule has 24 heavy (non-hydrogen) atoms. The molecule has 0 bridgehead atoms. The van der Waals surface area contributed by atoms with Crippen molar-refractivity contribution in [1.82, 2.24) is 9.29 Å². The molecular formula is C18H22N2O3S. The van der Waals surface area contributed by atoms with Crippen LogP contribution in [0.25, 0.3) is 10.9 Å². The molecule has 2 aromatic rings. The molecule has 0 radical (unpaired) electrons. The van der Waals surface area contributed by atoms with Gasteiger partial charge in [0.15, 0.2) is 0 Å². The summed E-state index contributed by atoms with van der Waals surface area (Å²) in [6, 6.07) is 7.18. The first-order chi connectivity index (χ1) is 11.6. The van der Waals surface area contributed by atoms with E-state index < -0.39 is 10.0 Å². The van der Waals surface area contributed by atoms with Gasteiger partial charge in [0.25, 0.3) is 0 Å². The van der Waals surface area contributed by atoms with E-state index in [2.05, 4.69) is 4.98 Å². The van der Waals surface area contributed by atoms with Crippen LogP contribution in [-0.4, -0.2) is 43.0 Å². The number of sulfonamides is 1.